The highest BCUT2D eigenvalue weighted by Crippen LogP contribution is 2.06. The monoisotopic (exact) mass is 307 g/mol. The second-order valence-corrected chi connectivity index (χ2v) is 5.33. The van der Waals surface area contributed by atoms with Gasteiger partial charge in [-0.2, -0.15) is 0 Å². The molecular formula is C17H29N3O2. The van der Waals surface area contributed by atoms with Crippen LogP contribution in [0.5, 0.6) is 0 Å². The van der Waals surface area contributed by atoms with Crippen molar-refractivity contribution in [3.8, 4) is 0 Å². The third-order valence-corrected chi connectivity index (χ3v) is 3.77. The van der Waals surface area contributed by atoms with Crippen molar-refractivity contribution in [1.82, 2.24) is 9.80 Å². The van der Waals surface area contributed by atoms with Crippen LogP contribution < -0.4 is 5.73 Å². The molecule has 0 aliphatic rings. The number of benzene rings is 1. The van der Waals surface area contributed by atoms with Crippen molar-refractivity contribution in [1.29, 1.82) is 0 Å². The maximum atomic E-state index is 12.5. The first-order valence-corrected chi connectivity index (χ1v) is 7.91. The normalized spacial score (nSPS) is 12.4. The predicted molar refractivity (Wildman–Crippen MR) is 89.5 cm³/mol. The molecule has 1 aromatic rings. The van der Waals surface area contributed by atoms with E-state index in [4.69, 9.17) is 10.5 Å². The third-order valence-electron chi connectivity index (χ3n) is 3.77. The molecule has 2 N–H and O–H groups in total. The van der Waals surface area contributed by atoms with Crippen LogP contribution in [-0.4, -0.2) is 61.6 Å². The predicted octanol–water partition coefficient (Wildman–Crippen LogP) is 1.33. The summed E-state index contributed by atoms with van der Waals surface area (Å²) in [5, 5.41) is 0. The van der Waals surface area contributed by atoms with Crippen LogP contribution in [0.15, 0.2) is 30.3 Å². The number of amides is 1. The minimum Gasteiger partial charge on any atom is -0.383 e. The summed E-state index contributed by atoms with van der Waals surface area (Å²) in [5.41, 5.74) is 7.03. The van der Waals surface area contributed by atoms with Crippen molar-refractivity contribution in [3.05, 3.63) is 35.9 Å². The van der Waals surface area contributed by atoms with Gasteiger partial charge >= 0.3 is 0 Å². The molecule has 0 spiro atoms. The molecule has 1 rings (SSSR count). The second kappa shape index (κ2) is 10.3. The van der Waals surface area contributed by atoms with Crippen LogP contribution in [0.2, 0.25) is 0 Å². The first-order valence-electron chi connectivity index (χ1n) is 7.91. The molecule has 5 nitrogen and oxygen atoms in total. The lowest BCUT2D eigenvalue weighted by Gasteiger charge is -2.28. The number of carbonyl (C=O) groups is 1. The minimum absolute atomic E-state index is 0.0575. The van der Waals surface area contributed by atoms with Crippen molar-refractivity contribution in [2.24, 2.45) is 5.73 Å². The highest BCUT2D eigenvalue weighted by Gasteiger charge is 2.21. The second-order valence-electron chi connectivity index (χ2n) is 5.33. The van der Waals surface area contributed by atoms with Gasteiger partial charge in [0.2, 0.25) is 5.91 Å². The molecule has 0 bridgehead atoms. The number of nitrogens with zero attached hydrogens (tertiary/aromatic N) is 2. The summed E-state index contributed by atoms with van der Waals surface area (Å²) in [5.74, 6) is -0.0575. The summed E-state index contributed by atoms with van der Waals surface area (Å²) in [6, 6.07) is 9.39. The van der Waals surface area contributed by atoms with Crippen LogP contribution in [-0.2, 0) is 16.1 Å². The Bertz CT molecular complexity index is 421. The molecule has 1 unspecified atom stereocenters. The van der Waals surface area contributed by atoms with Crippen LogP contribution in [0.25, 0.3) is 0 Å². The number of methoxy groups -OCH3 is 1. The highest BCUT2D eigenvalue weighted by atomic mass is 16.5. The van der Waals surface area contributed by atoms with E-state index in [0.29, 0.717) is 13.1 Å². The fraction of sp³-hybridized carbons (Fsp3) is 0.588. The van der Waals surface area contributed by atoms with E-state index < -0.39 is 6.04 Å². The molecule has 1 aromatic carbocycles. The van der Waals surface area contributed by atoms with Gasteiger partial charge in [-0.05, 0) is 18.7 Å². The molecule has 0 radical (unpaired) electrons. The van der Waals surface area contributed by atoms with Crippen molar-refractivity contribution >= 4 is 5.91 Å². The number of carbonyl (C=O) groups excluding carboxylic acids is 1. The number of ether oxygens (including phenoxy) is 1. The molecule has 0 saturated heterocycles. The number of likely N-dealkylation sites (N-methyl/N-ethyl adjacent to an activating group) is 1. The molecular weight excluding hydrogens is 278 g/mol. The Morgan fingerprint density at radius 3 is 2.36 bits per heavy atom. The first kappa shape index (κ1) is 18.6. The van der Waals surface area contributed by atoms with Gasteiger partial charge in [-0.25, -0.2) is 0 Å². The Morgan fingerprint density at radius 1 is 1.18 bits per heavy atom. The molecule has 0 heterocycles. The van der Waals surface area contributed by atoms with Gasteiger partial charge in [0.1, 0.15) is 6.04 Å². The Morgan fingerprint density at radius 2 is 1.82 bits per heavy atom. The summed E-state index contributed by atoms with van der Waals surface area (Å²) in [7, 11) is 1.56. The lowest BCUT2D eigenvalue weighted by atomic mass is 10.2. The Hall–Kier alpha value is -1.43. The van der Waals surface area contributed by atoms with Gasteiger partial charge in [0.05, 0.1) is 6.61 Å². The van der Waals surface area contributed by atoms with Gasteiger partial charge in [0, 0.05) is 26.7 Å². The minimum atomic E-state index is -0.606. The third kappa shape index (κ3) is 6.13. The molecule has 0 aromatic heterocycles. The van der Waals surface area contributed by atoms with E-state index in [1.165, 1.54) is 0 Å². The maximum absolute atomic E-state index is 12.5. The van der Waals surface area contributed by atoms with Crippen molar-refractivity contribution in [2.75, 3.05) is 39.9 Å². The zero-order valence-electron chi connectivity index (χ0n) is 14.0. The van der Waals surface area contributed by atoms with Gasteiger partial charge in [0.15, 0.2) is 0 Å². The number of hydrogen-bond acceptors (Lipinski definition) is 4. The highest BCUT2D eigenvalue weighted by molar-refractivity contribution is 5.81. The van der Waals surface area contributed by atoms with Gasteiger partial charge in [-0.15, -0.1) is 0 Å². The lowest BCUT2D eigenvalue weighted by molar-refractivity contribution is -0.134. The van der Waals surface area contributed by atoms with E-state index in [9.17, 15) is 4.79 Å². The lowest BCUT2D eigenvalue weighted by Crippen LogP contribution is -2.48. The zero-order valence-corrected chi connectivity index (χ0v) is 14.0. The molecule has 0 aliphatic heterocycles. The van der Waals surface area contributed by atoms with E-state index in [1.807, 2.05) is 35.2 Å². The van der Waals surface area contributed by atoms with Gasteiger partial charge in [-0.1, -0.05) is 44.2 Å². The molecule has 1 amide bonds. The molecule has 1 atom stereocenters. The van der Waals surface area contributed by atoms with Crippen molar-refractivity contribution in [2.45, 2.75) is 26.4 Å². The van der Waals surface area contributed by atoms with Crippen molar-refractivity contribution < 1.29 is 9.53 Å². The summed E-state index contributed by atoms with van der Waals surface area (Å²) >= 11 is 0. The van der Waals surface area contributed by atoms with Gasteiger partial charge < -0.3 is 20.3 Å². The number of hydrogen-bond donors (Lipinski definition) is 1. The van der Waals surface area contributed by atoms with Crippen LogP contribution in [0.3, 0.4) is 0 Å². The van der Waals surface area contributed by atoms with E-state index in [-0.39, 0.29) is 12.5 Å². The first-order chi connectivity index (χ1) is 10.6. The van der Waals surface area contributed by atoms with Crippen molar-refractivity contribution in [3.63, 3.8) is 0 Å². The zero-order chi connectivity index (χ0) is 16.4. The Kier molecular flexibility index (Phi) is 8.74. The molecule has 5 heteroatoms. The van der Waals surface area contributed by atoms with E-state index in [0.717, 1.165) is 25.2 Å². The average Bonchev–Trinajstić information content (AvgIpc) is 2.55. The molecule has 0 fully saturated rings. The molecule has 124 valence electrons. The Balaban J connectivity index is 2.73. The maximum Gasteiger partial charge on any atom is 0.242 e. The standard InChI is InChI=1S/C17H29N3O2/c1-4-19(5-2)11-12-20(17(21)16(18)14-22-3)13-15-9-7-6-8-10-15/h6-10,16H,4-5,11-14,18H2,1-3H3. The topological polar surface area (TPSA) is 58.8 Å². The smallest absolute Gasteiger partial charge is 0.242 e. The van der Waals surface area contributed by atoms with E-state index in [1.54, 1.807) is 7.11 Å². The van der Waals surface area contributed by atoms with Crippen LogP contribution >= 0.6 is 0 Å². The summed E-state index contributed by atoms with van der Waals surface area (Å²) < 4.78 is 5.01. The van der Waals surface area contributed by atoms with E-state index >= 15 is 0 Å². The average molecular weight is 307 g/mol. The number of rotatable bonds is 10. The Labute approximate surface area is 134 Å². The fourth-order valence-corrected chi connectivity index (χ4v) is 2.36. The van der Waals surface area contributed by atoms with E-state index in [2.05, 4.69) is 18.7 Å². The number of nitrogens with two attached hydrogens (primary N) is 1. The van der Waals surface area contributed by atoms with Crippen LogP contribution in [0, 0.1) is 0 Å². The van der Waals surface area contributed by atoms with Crippen LogP contribution in [0.4, 0.5) is 0 Å². The molecule has 0 saturated carbocycles. The summed E-state index contributed by atoms with van der Waals surface area (Å²) in [4.78, 5) is 16.7. The largest absolute Gasteiger partial charge is 0.383 e. The quantitative estimate of drug-likeness (QED) is 0.708. The molecule has 0 aliphatic carbocycles. The van der Waals surface area contributed by atoms with Gasteiger partial charge in [-0.3, -0.25) is 4.79 Å². The van der Waals surface area contributed by atoms with Crippen LogP contribution in [0.1, 0.15) is 19.4 Å². The van der Waals surface area contributed by atoms with Gasteiger partial charge in [0.25, 0.3) is 0 Å². The SMILES string of the molecule is CCN(CC)CCN(Cc1ccccc1)C(=O)C(N)COC. The molecule has 22 heavy (non-hydrogen) atoms. The summed E-state index contributed by atoms with van der Waals surface area (Å²) in [6.07, 6.45) is 0. The summed E-state index contributed by atoms with van der Waals surface area (Å²) in [6.45, 7) is 8.57. The fourth-order valence-electron chi connectivity index (χ4n) is 2.36.